The molecule has 0 bridgehead atoms. The summed E-state index contributed by atoms with van der Waals surface area (Å²) in [6, 6.07) is 17.1. The number of hydrogen-bond acceptors (Lipinski definition) is 4. The van der Waals surface area contributed by atoms with Gasteiger partial charge >= 0.3 is 0 Å². The van der Waals surface area contributed by atoms with Crippen LogP contribution in [0.1, 0.15) is 10.4 Å². The fourth-order valence-electron chi connectivity index (χ4n) is 2.55. The molecule has 1 N–H and O–H groups in total. The van der Waals surface area contributed by atoms with E-state index in [4.69, 9.17) is 32.4 Å². The van der Waals surface area contributed by atoms with E-state index in [0.29, 0.717) is 43.9 Å². The van der Waals surface area contributed by atoms with Crippen molar-refractivity contribution < 1.29 is 13.9 Å². The highest BCUT2D eigenvalue weighted by molar-refractivity contribution is 6.35. The molecule has 0 aliphatic heterocycles. The van der Waals surface area contributed by atoms with Crippen molar-refractivity contribution in [2.24, 2.45) is 0 Å². The number of nitrogens with zero attached hydrogens (tertiary/aromatic N) is 1. The molecule has 1 heterocycles. The predicted octanol–water partition coefficient (Wildman–Crippen LogP) is 6.18. The number of oxazole rings is 1. The average molecular weight is 399 g/mol. The van der Waals surface area contributed by atoms with E-state index < -0.39 is 0 Å². The van der Waals surface area contributed by atoms with Gasteiger partial charge in [0.05, 0.1) is 10.6 Å². The molecule has 7 heteroatoms. The number of anilines is 1. The molecule has 0 unspecified atom stereocenters. The van der Waals surface area contributed by atoms with Crippen molar-refractivity contribution in [2.75, 3.05) is 5.32 Å². The molecule has 0 saturated carbocycles. The Morgan fingerprint density at radius 2 is 1.85 bits per heavy atom. The molecule has 0 spiro atoms. The number of rotatable bonds is 4. The quantitative estimate of drug-likeness (QED) is 0.445. The molecule has 27 heavy (non-hydrogen) atoms. The summed E-state index contributed by atoms with van der Waals surface area (Å²) < 4.78 is 11.0. The fraction of sp³-hybridized carbons (Fsp3) is 0. The van der Waals surface area contributed by atoms with Crippen molar-refractivity contribution in [1.29, 1.82) is 0 Å². The summed E-state index contributed by atoms with van der Waals surface area (Å²) in [6.07, 6.45) is 1.31. The van der Waals surface area contributed by atoms with E-state index in [0.717, 1.165) is 0 Å². The van der Waals surface area contributed by atoms with Gasteiger partial charge in [-0.1, -0.05) is 29.3 Å². The molecule has 1 amide bonds. The molecule has 4 aromatic rings. The lowest BCUT2D eigenvalue weighted by Crippen LogP contribution is -2.12. The van der Waals surface area contributed by atoms with Gasteiger partial charge in [-0.05, 0) is 54.6 Å². The maximum absolute atomic E-state index is 12.5. The van der Waals surface area contributed by atoms with E-state index >= 15 is 0 Å². The van der Waals surface area contributed by atoms with Crippen LogP contribution in [0.15, 0.2) is 71.5 Å². The van der Waals surface area contributed by atoms with Crippen molar-refractivity contribution in [3.05, 3.63) is 82.7 Å². The fourth-order valence-corrected chi connectivity index (χ4v) is 3.00. The number of fused-ring (bicyclic) bond motifs is 1. The van der Waals surface area contributed by atoms with Crippen LogP contribution < -0.4 is 10.1 Å². The van der Waals surface area contributed by atoms with Crippen LogP contribution in [0.25, 0.3) is 11.1 Å². The molecule has 0 aliphatic rings. The van der Waals surface area contributed by atoms with Gasteiger partial charge < -0.3 is 14.5 Å². The zero-order chi connectivity index (χ0) is 18.8. The van der Waals surface area contributed by atoms with Crippen LogP contribution in [0.4, 0.5) is 5.69 Å². The number of hydrogen-bond donors (Lipinski definition) is 1. The van der Waals surface area contributed by atoms with Gasteiger partial charge in [0.1, 0.15) is 17.0 Å². The van der Waals surface area contributed by atoms with Gasteiger partial charge in [-0.25, -0.2) is 4.98 Å². The molecule has 134 valence electrons. The van der Waals surface area contributed by atoms with E-state index in [9.17, 15) is 4.79 Å². The molecular weight excluding hydrogens is 387 g/mol. The third kappa shape index (κ3) is 3.74. The number of nitrogens with one attached hydrogen (secondary N) is 1. The zero-order valence-electron chi connectivity index (χ0n) is 13.8. The van der Waals surface area contributed by atoms with Gasteiger partial charge in [0, 0.05) is 10.7 Å². The Morgan fingerprint density at radius 1 is 1.04 bits per heavy atom. The Morgan fingerprint density at radius 3 is 2.63 bits per heavy atom. The van der Waals surface area contributed by atoms with Gasteiger partial charge in [0.2, 0.25) is 0 Å². The number of carbonyl (C=O) groups excluding carboxylic acids is 1. The number of amides is 1. The van der Waals surface area contributed by atoms with Crippen LogP contribution in [-0.2, 0) is 0 Å². The van der Waals surface area contributed by atoms with Gasteiger partial charge in [-0.2, -0.15) is 0 Å². The summed E-state index contributed by atoms with van der Waals surface area (Å²) in [5.41, 5.74) is 2.11. The first-order valence-electron chi connectivity index (χ1n) is 7.97. The molecule has 4 rings (SSSR count). The van der Waals surface area contributed by atoms with E-state index in [1.165, 1.54) is 6.39 Å². The predicted molar refractivity (Wildman–Crippen MR) is 105 cm³/mol. The number of carbonyl (C=O) groups is 1. The van der Waals surface area contributed by atoms with Crippen molar-refractivity contribution in [1.82, 2.24) is 4.98 Å². The van der Waals surface area contributed by atoms with Crippen LogP contribution in [0.3, 0.4) is 0 Å². The van der Waals surface area contributed by atoms with Crippen molar-refractivity contribution in [3.8, 4) is 11.5 Å². The zero-order valence-corrected chi connectivity index (χ0v) is 15.3. The number of ether oxygens (including phenoxy) is 1. The highest BCUT2D eigenvalue weighted by atomic mass is 35.5. The van der Waals surface area contributed by atoms with Crippen LogP contribution in [0.2, 0.25) is 10.0 Å². The van der Waals surface area contributed by atoms with Gasteiger partial charge in [0.15, 0.2) is 12.0 Å². The molecule has 0 atom stereocenters. The van der Waals surface area contributed by atoms with E-state index in [1.54, 1.807) is 60.7 Å². The maximum atomic E-state index is 12.5. The average Bonchev–Trinajstić information content (AvgIpc) is 3.14. The number of aromatic nitrogens is 1. The number of halogens is 2. The van der Waals surface area contributed by atoms with Crippen LogP contribution in [0, 0.1) is 0 Å². The summed E-state index contributed by atoms with van der Waals surface area (Å²) in [5, 5.41) is 3.78. The third-order valence-electron chi connectivity index (χ3n) is 3.84. The van der Waals surface area contributed by atoms with Gasteiger partial charge in [0.25, 0.3) is 5.91 Å². The molecular formula is C20H12Cl2N2O3. The van der Waals surface area contributed by atoms with Gasteiger partial charge in [-0.3, -0.25) is 4.79 Å². The first kappa shape index (κ1) is 17.4. The minimum absolute atomic E-state index is 0.285. The normalized spacial score (nSPS) is 10.7. The standard InChI is InChI=1S/C20H12Cl2N2O3/c21-12-4-9-18(16(22)10-12)27-14-7-5-13(6-8-14)24-20(25)15-2-1-3-17-19(15)26-11-23-17/h1-11H,(H,24,25). The Hall–Kier alpha value is -3.02. The summed E-state index contributed by atoms with van der Waals surface area (Å²) in [6.45, 7) is 0. The third-order valence-corrected chi connectivity index (χ3v) is 4.37. The summed E-state index contributed by atoms with van der Waals surface area (Å²) >= 11 is 12.0. The van der Waals surface area contributed by atoms with Crippen molar-refractivity contribution in [3.63, 3.8) is 0 Å². The molecule has 0 radical (unpaired) electrons. The second kappa shape index (κ2) is 7.31. The summed E-state index contributed by atoms with van der Waals surface area (Å²) in [4.78, 5) is 16.6. The summed E-state index contributed by atoms with van der Waals surface area (Å²) in [7, 11) is 0. The first-order valence-corrected chi connectivity index (χ1v) is 8.72. The van der Waals surface area contributed by atoms with Crippen LogP contribution in [0.5, 0.6) is 11.5 Å². The second-order valence-corrected chi connectivity index (χ2v) is 6.51. The Balaban J connectivity index is 1.49. The van der Waals surface area contributed by atoms with E-state index in [-0.39, 0.29) is 5.91 Å². The Labute approximate surface area is 164 Å². The smallest absolute Gasteiger partial charge is 0.259 e. The van der Waals surface area contributed by atoms with Gasteiger partial charge in [-0.15, -0.1) is 0 Å². The molecule has 5 nitrogen and oxygen atoms in total. The van der Waals surface area contributed by atoms with Crippen molar-refractivity contribution >= 4 is 45.9 Å². The lowest BCUT2D eigenvalue weighted by atomic mass is 10.2. The number of benzene rings is 3. The van der Waals surface area contributed by atoms with Crippen LogP contribution >= 0.6 is 23.2 Å². The lowest BCUT2D eigenvalue weighted by molar-refractivity contribution is 0.102. The van der Waals surface area contributed by atoms with Crippen LogP contribution in [-0.4, -0.2) is 10.9 Å². The molecule has 0 aliphatic carbocycles. The number of para-hydroxylation sites is 1. The summed E-state index contributed by atoms with van der Waals surface area (Å²) in [5.74, 6) is 0.788. The Bertz CT molecular complexity index is 1120. The first-order chi connectivity index (χ1) is 13.1. The molecule has 0 fully saturated rings. The molecule has 3 aromatic carbocycles. The minimum Gasteiger partial charge on any atom is -0.456 e. The minimum atomic E-state index is -0.285. The highest BCUT2D eigenvalue weighted by Gasteiger charge is 2.13. The second-order valence-electron chi connectivity index (χ2n) is 5.66. The van der Waals surface area contributed by atoms with Crippen molar-refractivity contribution in [2.45, 2.75) is 0 Å². The topological polar surface area (TPSA) is 64.4 Å². The largest absolute Gasteiger partial charge is 0.456 e. The molecule has 1 aromatic heterocycles. The SMILES string of the molecule is O=C(Nc1ccc(Oc2ccc(Cl)cc2Cl)cc1)c1cccc2ncoc12. The Kier molecular flexibility index (Phi) is 4.71. The maximum Gasteiger partial charge on any atom is 0.259 e. The lowest BCUT2D eigenvalue weighted by Gasteiger charge is -2.09. The van der Waals surface area contributed by atoms with E-state index in [2.05, 4.69) is 10.3 Å². The molecule has 0 saturated heterocycles. The van der Waals surface area contributed by atoms with E-state index in [1.807, 2.05) is 0 Å². The monoisotopic (exact) mass is 398 g/mol. The highest BCUT2D eigenvalue weighted by Crippen LogP contribution is 2.32.